The summed E-state index contributed by atoms with van der Waals surface area (Å²) >= 11 is 0. The van der Waals surface area contributed by atoms with Crippen molar-refractivity contribution in [2.24, 2.45) is 11.8 Å². The first-order valence-electron chi connectivity index (χ1n) is 9.76. The highest BCUT2D eigenvalue weighted by Gasteiger charge is 2.39. The van der Waals surface area contributed by atoms with Crippen LogP contribution in [0.1, 0.15) is 71.6 Å². The maximum Gasteiger partial charge on any atom is 0.303 e. The van der Waals surface area contributed by atoms with Gasteiger partial charge in [-0.15, -0.1) is 0 Å². The molecule has 3 N–H and O–H groups in total. The lowest BCUT2D eigenvalue weighted by molar-refractivity contribution is -0.137. The van der Waals surface area contributed by atoms with Crippen LogP contribution >= 0.6 is 0 Å². The largest absolute Gasteiger partial charge is 0.481 e. The Morgan fingerprint density at radius 2 is 2.00 bits per heavy atom. The quantitative estimate of drug-likeness (QED) is 0.362. The van der Waals surface area contributed by atoms with Gasteiger partial charge in [-0.1, -0.05) is 50.5 Å². The molecule has 0 unspecified atom stereocenters. The number of carbonyl (C=O) groups is 2. The summed E-state index contributed by atoms with van der Waals surface area (Å²) in [7, 11) is 0. The van der Waals surface area contributed by atoms with Crippen LogP contribution in [0, 0.1) is 11.8 Å². The summed E-state index contributed by atoms with van der Waals surface area (Å²) in [6, 6.07) is 0. The fourth-order valence-electron chi connectivity index (χ4n) is 3.39. The zero-order chi connectivity index (χ0) is 19.6. The number of hydrogen-bond donors (Lipinski definition) is 3. The SMILES string of the molecule is CCCCC[C@@](C)(O)C=C[C@H]1C(=O)C[C@H](O)[C@@H]1C/C=C\CCCC(=O)O. The Kier molecular flexibility index (Phi) is 9.81. The molecule has 5 nitrogen and oxygen atoms in total. The van der Waals surface area contributed by atoms with Gasteiger partial charge in [0.1, 0.15) is 5.78 Å². The van der Waals surface area contributed by atoms with Crippen molar-refractivity contribution in [2.45, 2.75) is 83.3 Å². The van der Waals surface area contributed by atoms with E-state index in [1.54, 1.807) is 19.1 Å². The molecule has 1 rings (SSSR count). The molecule has 0 bridgehead atoms. The third-order valence-electron chi connectivity index (χ3n) is 5.02. The predicted molar refractivity (Wildman–Crippen MR) is 102 cm³/mol. The molecule has 0 saturated heterocycles. The number of hydrogen-bond acceptors (Lipinski definition) is 4. The fraction of sp³-hybridized carbons (Fsp3) is 0.714. The summed E-state index contributed by atoms with van der Waals surface area (Å²) in [5.41, 5.74) is -0.930. The summed E-state index contributed by atoms with van der Waals surface area (Å²) in [6.07, 6.45) is 12.6. The third kappa shape index (κ3) is 8.28. The minimum atomic E-state index is -0.930. The Bertz CT molecular complexity index is 507. The van der Waals surface area contributed by atoms with Gasteiger partial charge in [-0.25, -0.2) is 0 Å². The van der Waals surface area contributed by atoms with Crippen LogP contribution in [-0.4, -0.2) is 38.8 Å². The topological polar surface area (TPSA) is 94.8 Å². The van der Waals surface area contributed by atoms with Gasteiger partial charge in [0.15, 0.2) is 0 Å². The molecule has 0 radical (unpaired) electrons. The van der Waals surface area contributed by atoms with Crippen molar-refractivity contribution in [1.82, 2.24) is 0 Å². The van der Waals surface area contributed by atoms with E-state index >= 15 is 0 Å². The molecule has 1 aliphatic rings. The maximum absolute atomic E-state index is 12.2. The van der Waals surface area contributed by atoms with E-state index in [9.17, 15) is 19.8 Å². The van der Waals surface area contributed by atoms with Crippen molar-refractivity contribution in [1.29, 1.82) is 0 Å². The van der Waals surface area contributed by atoms with Crippen molar-refractivity contribution in [3.63, 3.8) is 0 Å². The van der Waals surface area contributed by atoms with Crippen LogP contribution in [0.2, 0.25) is 0 Å². The molecule has 1 aliphatic carbocycles. The minimum absolute atomic E-state index is 0.0161. The molecule has 0 aromatic rings. The second kappa shape index (κ2) is 11.3. The zero-order valence-electron chi connectivity index (χ0n) is 16.1. The first-order chi connectivity index (χ1) is 12.3. The number of carbonyl (C=O) groups excluding carboxylic acids is 1. The molecule has 148 valence electrons. The summed E-state index contributed by atoms with van der Waals surface area (Å²) < 4.78 is 0. The number of allylic oxidation sites excluding steroid dienone is 3. The number of carboxylic acid groups (broad SMARTS) is 1. The normalized spacial score (nSPS) is 26.0. The maximum atomic E-state index is 12.2. The van der Waals surface area contributed by atoms with E-state index in [-0.39, 0.29) is 30.5 Å². The van der Waals surface area contributed by atoms with E-state index < -0.39 is 17.7 Å². The smallest absolute Gasteiger partial charge is 0.303 e. The molecule has 1 saturated carbocycles. The first kappa shape index (κ1) is 22.6. The monoisotopic (exact) mass is 366 g/mol. The van der Waals surface area contributed by atoms with Gasteiger partial charge in [0.2, 0.25) is 0 Å². The second-order valence-electron chi connectivity index (χ2n) is 7.59. The minimum Gasteiger partial charge on any atom is -0.481 e. The van der Waals surface area contributed by atoms with Crippen LogP contribution in [0.15, 0.2) is 24.3 Å². The van der Waals surface area contributed by atoms with Gasteiger partial charge in [-0.3, -0.25) is 9.59 Å². The lowest BCUT2D eigenvalue weighted by atomic mass is 9.88. The van der Waals surface area contributed by atoms with Crippen molar-refractivity contribution in [3.8, 4) is 0 Å². The predicted octanol–water partition coefficient (Wildman–Crippen LogP) is 3.64. The molecule has 0 aromatic carbocycles. The highest BCUT2D eigenvalue weighted by Crippen LogP contribution is 2.34. The molecule has 0 heterocycles. The summed E-state index contributed by atoms with van der Waals surface area (Å²) in [6.45, 7) is 3.87. The van der Waals surface area contributed by atoms with Gasteiger partial charge >= 0.3 is 5.97 Å². The number of aliphatic hydroxyl groups is 2. The second-order valence-corrected chi connectivity index (χ2v) is 7.59. The summed E-state index contributed by atoms with van der Waals surface area (Å²) in [5.74, 6) is -1.33. The molecule has 0 amide bonds. The number of aliphatic hydroxyl groups excluding tert-OH is 1. The zero-order valence-corrected chi connectivity index (χ0v) is 16.1. The number of Topliss-reactive ketones (excluding diaryl/α,β-unsaturated/α-hetero) is 1. The number of unbranched alkanes of at least 4 members (excludes halogenated alkanes) is 3. The average Bonchev–Trinajstić information content (AvgIpc) is 2.82. The molecule has 0 spiro atoms. The molecular weight excluding hydrogens is 332 g/mol. The molecule has 4 atom stereocenters. The van der Waals surface area contributed by atoms with Gasteiger partial charge in [0.25, 0.3) is 0 Å². The number of aliphatic carboxylic acids is 1. The molecule has 26 heavy (non-hydrogen) atoms. The number of carboxylic acids is 1. The van der Waals surface area contributed by atoms with E-state index in [1.165, 1.54) is 0 Å². The van der Waals surface area contributed by atoms with Crippen molar-refractivity contribution < 1.29 is 24.9 Å². The molecule has 1 fully saturated rings. The molecule has 5 heteroatoms. The third-order valence-corrected chi connectivity index (χ3v) is 5.02. The van der Waals surface area contributed by atoms with Crippen LogP contribution in [0.3, 0.4) is 0 Å². The van der Waals surface area contributed by atoms with Crippen LogP contribution < -0.4 is 0 Å². The summed E-state index contributed by atoms with van der Waals surface area (Å²) in [4.78, 5) is 22.7. The molecular formula is C21H34O5. The first-order valence-corrected chi connectivity index (χ1v) is 9.76. The Labute approximate surface area is 156 Å². The average molecular weight is 366 g/mol. The van der Waals surface area contributed by atoms with E-state index in [4.69, 9.17) is 5.11 Å². The van der Waals surface area contributed by atoms with E-state index in [0.29, 0.717) is 25.7 Å². The fourth-order valence-corrected chi connectivity index (χ4v) is 3.39. The van der Waals surface area contributed by atoms with Gasteiger partial charge in [-0.2, -0.15) is 0 Å². The van der Waals surface area contributed by atoms with Gasteiger partial charge < -0.3 is 15.3 Å². The van der Waals surface area contributed by atoms with Crippen LogP contribution in [0.25, 0.3) is 0 Å². The number of rotatable bonds is 12. The standard InChI is InChI=1S/C21H34O5/c1-3-4-9-13-21(2,26)14-12-17-16(18(22)15-19(17)23)10-7-5-6-8-11-20(24)25/h5,7,12,14,16-18,22,26H,3-4,6,8-11,13,15H2,1-2H3,(H,24,25)/b7-5-,14-12?/t16-,17-,18+,21-/m1/s1. The van der Waals surface area contributed by atoms with Gasteiger partial charge in [0, 0.05) is 24.7 Å². The Balaban J connectivity index is 2.58. The Morgan fingerprint density at radius 3 is 2.65 bits per heavy atom. The number of ketones is 1. The van der Waals surface area contributed by atoms with Crippen molar-refractivity contribution in [2.75, 3.05) is 0 Å². The van der Waals surface area contributed by atoms with Gasteiger partial charge in [-0.05, 0) is 32.6 Å². The highest BCUT2D eigenvalue weighted by atomic mass is 16.4. The summed E-state index contributed by atoms with van der Waals surface area (Å²) in [5, 5.41) is 29.2. The Hall–Kier alpha value is -1.46. The van der Waals surface area contributed by atoms with Crippen molar-refractivity contribution >= 4 is 11.8 Å². The molecule has 0 aromatic heterocycles. The van der Waals surface area contributed by atoms with Crippen molar-refractivity contribution in [3.05, 3.63) is 24.3 Å². The van der Waals surface area contributed by atoms with Crippen LogP contribution in [0.5, 0.6) is 0 Å². The lowest BCUT2D eigenvalue weighted by Gasteiger charge is -2.21. The highest BCUT2D eigenvalue weighted by molar-refractivity contribution is 5.86. The van der Waals surface area contributed by atoms with Crippen LogP contribution in [-0.2, 0) is 9.59 Å². The lowest BCUT2D eigenvalue weighted by Crippen LogP contribution is -2.23. The Morgan fingerprint density at radius 1 is 1.27 bits per heavy atom. The van der Waals surface area contributed by atoms with E-state index in [2.05, 4.69) is 6.92 Å². The molecule has 0 aliphatic heterocycles. The van der Waals surface area contributed by atoms with E-state index in [0.717, 1.165) is 19.3 Å². The van der Waals surface area contributed by atoms with Crippen LogP contribution in [0.4, 0.5) is 0 Å². The van der Waals surface area contributed by atoms with E-state index in [1.807, 2.05) is 12.2 Å². The van der Waals surface area contributed by atoms with Gasteiger partial charge in [0.05, 0.1) is 11.7 Å².